The number of aliphatic carboxylic acids is 1. The van der Waals surface area contributed by atoms with Crippen molar-refractivity contribution in [3.8, 4) is 0 Å². The highest BCUT2D eigenvalue weighted by Crippen LogP contribution is 2.45. The fraction of sp³-hybridized carbons (Fsp3) is 0.588. The van der Waals surface area contributed by atoms with Gasteiger partial charge in [0.05, 0.1) is 12.0 Å². The van der Waals surface area contributed by atoms with Crippen LogP contribution in [-0.2, 0) is 14.9 Å². The third kappa shape index (κ3) is 3.04. The first-order chi connectivity index (χ1) is 9.39. The molecule has 3 nitrogen and oxygen atoms in total. The van der Waals surface area contributed by atoms with E-state index in [9.17, 15) is 9.90 Å². The van der Waals surface area contributed by atoms with Crippen molar-refractivity contribution >= 4 is 5.97 Å². The molecule has 1 heterocycles. The Morgan fingerprint density at radius 3 is 2.55 bits per heavy atom. The third-order valence-electron chi connectivity index (χ3n) is 4.64. The van der Waals surface area contributed by atoms with Crippen LogP contribution < -0.4 is 0 Å². The zero-order valence-electron chi connectivity index (χ0n) is 12.6. The number of carboxylic acid groups (broad SMARTS) is 1. The summed E-state index contributed by atoms with van der Waals surface area (Å²) in [6, 6.07) is 8.30. The zero-order chi connectivity index (χ0) is 14.8. The number of benzene rings is 1. The number of carboxylic acids is 1. The number of hydrogen-bond acceptors (Lipinski definition) is 2. The first kappa shape index (κ1) is 15.0. The van der Waals surface area contributed by atoms with Crippen LogP contribution in [0, 0.1) is 6.92 Å². The second-order valence-electron chi connectivity index (χ2n) is 6.30. The summed E-state index contributed by atoms with van der Waals surface area (Å²) < 4.78 is 5.90. The quantitative estimate of drug-likeness (QED) is 0.912. The van der Waals surface area contributed by atoms with Gasteiger partial charge in [0.15, 0.2) is 0 Å². The number of rotatable bonds is 4. The molecule has 0 amide bonds. The normalized spacial score (nSPS) is 30.1. The fourth-order valence-corrected chi connectivity index (χ4v) is 3.27. The number of hydrogen-bond donors (Lipinski definition) is 1. The maximum absolute atomic E-state index is 11.4. The maximum Gasteiger partial charge on any atom is 0.304 e. The van der Waals surface area contributed by atoms with E-state index in [0.29, 0.717) is 6.61 Å². The summed E-state index contributed by atoms with van der Waals surface area (Å²) in [6.45, 7) is 6.88. The van der Waals surface area contributed by atoms with E-state index in [4.69, 9.17) is 4.74 Å². The van der Waals surface area contributed by atoms with Gasteiger partial charge in [0.25, 0.3) is 0 Å². The summed E-state index contributed by atoms with van der Waals surface area (Å²) in [5.74, 6) is -0.731. The summed E-state index contributed by atoms with van der Waals surface area (Å²) in [4.78, 5) is 11.4. The third-order valence-corrected chi connectivity index (χ3v) is 4.64. The van der Waals surface area contributed by atoms with Crippen LogP contribution in [-0.4, -0.2) is 23.3 Å². The van der Waals surface area contributed by atoms with Crippen molar-refractivity contribution in [3.63, 3.8) is 0 Å². The van der Waals surface area contributed by atoms with E-state index in [2.05, 4.69) is 38.1 Å². The standard InChI is InChI=1S/C17H24O3/c1-4-16(3)12-17(9-10-20-16,11-15(18)19)14-7-5-13(2)6-8-14/h5-8H,4,9-12H2,1-3H3,(H,18,19). The van der Waals surface area contributed by atoms with E-state index < -0.39 is 5.97 Å². The van der Waals surface area contributed by atoms with Crippen LogP contribution in [0.1, 0.15) is 50.7 Å². The van der Waals surface area contributed by atoms with Crippen molar-refractivity contribution in [2.75, 3.05) is 6.61 Å². The van der Waals surface area contributed by atoms with E-state index in [-0.39, 0.29) is 17.4 Å². The fourth-order valence-electron chi connectivity index (χ4n) is 3.27. The van der Waals surface area contributed by atoms with Crippen molar-refractivity contribution in [2.24, 2.45) is 0 Å². The molecule has 20 heavy (non-hydrogen) atoms. The topological polar surface area (TPSA) is 46.5 Å². The SMILES string of the molecule is CCC1(C)CC(CC(=O)O)(c2ccc(C)cc2)CCO1. The van der Waals surface area contributed by atoms with Crippen LogP contribution >= 0.6 is 0 Å². The monoisotopic (exact) mass is 276 g/mol. The van der Waals surface area contributed by atoms with Gasteiger partial charge < -0.3 is 9.84 Å². The minimum atomic E-state index is -0.731. The molecule has 1 fully saturated rings. The van der Waals surface area contributed by atoms with Crippen LogP contribution in [0.25, 0.3) is 0 Å². The van der Waals surface area contributed by atoms with Crippen molar-refractivity contribution in [1.82, 2.24) is 0 Å². The smallest absolute Gasteiger partial charge is 0.304 e. The average molecular weight is 276 g/mol. The molecule has 1 saturated heterocycles. The van der Waals surface area contributed by atoms with E-state index in [1.54, 1.807) is 0 Å². The molecular weight excluding hydrogens is 252 g/mol. The highest BCUT2D eigenvalue weighted by atomic mass is 16.5. The van der Waals surface area contributed by atoms with Crippen LogP contribution in [0.2, 0.25) is 0 Å². The molecule has 1 N–H and O–H groups in total. The highest BCUT2D eigenvalue weighted by Gasteiger charge is 2.44. The molecule has 3 heteroatoms. The van der Waals surface area contributed by atoms with Gasteiger partial charge in [0, 0.05) is 12.0 Å². The summed E-state index contributed by atoms with van der Waals surface area (Å²) in [5, 5.41) is 9.35. The largest absolute Gasteiger partial charge is 0.481 e. The van der Waals surface area contributed by atoms with E-state index in [1.807, 2.05) is 6.92 Å². The van der Waals surface area contributed by atoms with Gasteiger partial charge in [-0.25, -0.2) is 0 Å². The molecule has 0 radical (unpaired) electrons. The predicted octanol–water partition coefficient (Wildman–Crippen LogP) is 3.69. The molecule has 0 saturated carbocycles. The van der Waals surface area contributed by atoms with E-state index in [1.165, 1.54) is 5.56 Å². The lowest BCUT2D eigenvalue weighted by atomic mass is 9.66. The Morgan fingerprint density at radius 1 is 1.35 bits per heavy atom. The lowest BCUT2D eigenvalue weighted by molar-refractivity contribution is -0.143. The molecule has 2 atom stereocenters. The van der Waals surface area contributed by atoms with E-state index >= 15 is 0 Å². The first-order valence-corrected chi connectivity index (χ1v) is 7.32. The molecule has 110 valence electrons. The average Bonchev–Trinajstić information content (AvgIpc) is 2.38. The van der Waals surface area contributed by atoms with Gasteiger partial charge >= 0.3 is 5.97 Å². The second kappa shape index (κ2) is 5.57. The molecule has 1 aromatic carbocycles. The molecule has 0 aromatic heterocycles. The Balaban J connectivity index is 2.39. The Morgan fingerprint density at radius 2 is 2.00 bits per heavy atom. The second-order valence-corrected chi connectivity index (χ2v) is 6.30. The van der Waals surface area contributed by atoms with Crippen molar-refractivity contribution in [2.45, 2.75) is 57.5 Å². The van der Waals surface area contributed by atoms with E-state index in [0.717, 1.165) is 24.8 Å². The summed E-state index contributed by atoms with van der Waals surface area (Å²) in [5.41, 5.74) is 1.80. The van der Waals surface area contributed by atoms with Gasteiger partial charge in [-0.05, 0) is 38.7 Å². The summed E-state index contributed by atoms with van der Waals surface area (Å²) >= 11 is 0. The number of carbonyl (C=O) groups is 1. The van der Waals surface area contributed by atoms with Crippen molar-refractivity contribution in [1.29, 1.82) is 0 Å². The molecule has 1 aliphatic rings. The van der Waals surface area contributed by atoms with Gasteiger partial charge in [0.2, 0.25) is 0 Å². The number of ether oxygens (including phenoxy) is 1. The maximum atomic E-state index is 11.4. The molecular formula is C17H24O3. The van der Waals surface area contributed by atoms with Gasteiger partial charge in [-0.15, -0.1) is 0 Å². The van der Waals surface area contributed by atoms with Gasteiger partial charge in [-0.1, -0.05) is 36.8 Å². The van der Waals surface area contributed by atoms with Gasteiger partial charge in [-0.3, -0.25) is 4.79 Å². The zero-order valence-corrected chi connectivity index (χ0v) is 12.6. The lowest BCUT2D eigenvalue weighted by Gasteiger charge is -2.46. The lowest BCUT2D eigenvalue weighted by Crippen LogP contribution is -2.46. The van der Waals surface area contributed by atoms with Crippen LogP contribution in [0.3, 0.4) is 0 Å². The van der Waals surface area contributed by atoms with Gasteiger partial charge in [0.1, 0.15) is 0 Å². The summed E-state index contributed by atoms with van der Waals surface area (Å²) in [7, 11) is 0. The van der Waals surface area contributed by atoms with Crippen LogP contribution in [0.15, 0.2) is 24.3 Å². The molecule has 0 bridgehead atoms. The molecule has 1 aliphatic heterocycles. The van der Waals surface area contributed by atoms with Crippen LogP contribution in [0.4, 0.5) is 0 Å². The number of aryl methyl sites for hydroxylation is 1. The minimum absolute atomic E-state index is 0.176. The van der Waals surface area contributed by atoms with Crippen molar-refractivity contribution < 1.29 is 14.6 Å². The Labute approximate surface area is 121 Å². The Hall–Kier alpha value is -1.35. The van der Waals surface area contributed by atoms with Crippen molar-refractivity contribution in [3.05, 3.63) is 35.4 Å². The molecule has 0 aliphatic carbocycles. The minimum Gasteiger partial charge on any atom is -0.481 e. The predicted molar refractivity (Wildman–Crippen MR) is 79.0 cm³/mol. The molecule has 2 unspecified atom stereocenters. The molecule has 1 aromatic rings. The molecule has 2 rings (SSSR count). The Bertz CT molecular complexity index is 480. The summed E-state index contributed by atoms with van der Waals surface area (Å²) in [6.07, 6.45) is 2.62. The highest BCUT2D eigenvalue weighted by molar-refractivity contribution is 5.69. The molecule has 0 spiro atoms. The van der Waals surface area contributed by atoms with Gasteiger partial charge in [-0.2, -0.15) is 0 Å². The first-order valence-electron chi connectivity index (χ1n) is 7.32. The van der Waals surface area contributed by atoms with Crippen LogP contribution in [0.5, 0.6) is 0 Å². The Kier molecular flexibility index (Phi) is 4.19.